The molecule has 21 heavy (non-hydrogen) atoms. The molecule has 0 aliphatic carbocycles. The number of hydrogen-bond acceptors (Lipinski definition) is 3. The van der Waals surface area contributed by atoms with Gasteiger partial charge in [-0.3, -0.25) is 4.98 Å². The molecule has 1 N–H and O–H groups in total. The number of nitriles is 1. The van der Waals surface area contributed by atoms with Crippen LogP contribution in [-0.4, -0.2) is 4.98 Å². The summed E-state index contributed by atoms with van der Waals surface area (Å²) in [7, 11) is 0. The third kappa shape index (κ3) is 3.51. The van der Waals surface area contributed by atoms with Gasteiger partial charge in [-0.15, -0.1) is 0 Å². The first-order valence-corrected chi connectivity index (χ1v) is 6.19. The average Bonchev–Trinajstić information content (AvgIpc) is 2.46. The zero-order chi connectivity index (χ0) is 15.5. The molecule has 0 fully saturated rings. The molecule has 6 heteroatoms. The SMILES string of the molecule is CC(Nc1ccc(C(F)(F)F)c(C#N)c1)c1ccncc1. The molecule has 1 unspecified atom stereocenters. The normalized spacial score (nSPS) is 12.5. The standard InChI is InChI=1S/C15H12F3N3/c1-10(11-4-6-20-7-5-11)21-13-2-3-14(15(16,17)18)12(8-13)9-19/h2-8,10,21H,1H3. The molecule has 0 saturated heterocycles. The lowest BCUT2D eigenvalue weighted by Crippen LogP contribution is -2.10. The Balaban J connectivity index is 2.25. The summed E-state index contributed by atoms with van der Waals surface area (Å²) in [5.74, 6) is 0. The van der Waals surface area contributed by atoms with Crippen LogP contribution in [0.5, 0.6) is 0 Å². The molecule has 0 amide bonds. The quantitative estimate of drug-likeness (QED) is 0.924. The van der Waals surface area contributed by atoms with E-state index in [1.54, 1.807) is 18.5 Å². The molecule has 0 saturated carbocycles. The van der Waals surface area contributed by atoms with Crippen molar-refractivity contribution in [1.82, 2.24) is 4.98 Å². The smallest absolute Gasteiger partial charge is 0.378 e. The molecule has 0 aliphatic rings. The number of nitrogens with one attached hydrogen (secondary N) is 1. The number of hydrogen-bond donors (Lipinski definition) is 1. The minimum Gasteiger partial charge on any atom is -0.378 e. The van der Waals surface area contributed by atoms with Gasteiger partial charge in [-0.2, -0.15) is 18.4 Å². The van der Waals surface area contributed by atoms with Crippen molar-refractivity contribution in [3.8, 4) is 6.07 Å². The Labute approximate surface area is 120 Å². The second kappa shape index (κ2) is 5.83. The fraction of sp³-hybridized carbons (Fsp3) is 0.200. The fourth-order valence-electron chi connectivity index (χ4n) is 1.96. The van der Waals surface area contributed by atoms with Crippen LogP contribution in [0.3, 0.4) is 0 Å². The highest BCUT2D eigenvalue weighted by molar-refractivity contribution is 5.54. The van der Waals surface area contributed by atoms with E-state index >= 15 is 0 Å². The number of alkyl halides is 3. The topological polar surface area (TPSA) is 48.7 Å². The maximum absolute atomic E-state index is 12.7. The number of nitrogens with zero attached hydrogens (tertiary/aromatic N) is 2. The highest BCUT2D eigenvalue weighted by Gasteiger charge is 2.33. The Morgan fingerprint density at radius 2 is 1.86 bits per heavy atom. The van der Waals surface area contributed by atoms with Gasteiger partial charge in [-0.1, -0.05) is 0 Å². The van der Waals surface area contributed by atoms with Crippen LogP contribution in [0.4, 0.5) is 18.9 Å². The number of anilines is 1. The maximum atomic E-state index is 12.7. The van der Waals surface area contributed by atoms with E-state index in [9.17, 15) is 13.2 Å². The lowest BCUT2D eigenvalue weighted by molar-refractivity contribution is -0.137. The predicted octanol–water partition coefficient (Wildman–Crippen LogP) is 4.15. The third-order valence-electron chi connectivity index (χ3n) is 3.03. The summed E-state index contributed by atoms with van der Waals surface area (Å²) in [5.41, 5.74) is 0.0915. The first-order chi connectivity index (χ1) is 9.91. The summed E-state index contributed by atoms with van der Waals surface area (Å²) >= 11 is 0. The van der Waals surface area contributed by atoms with Gasteiger partial charge in [-0.05, 0) is 42.8 Å². The summed E-state index contributed by atoms with van der Waals surface area (Å²) in [4.78, 5) is 3.90. The van der Waals surface area contributed by atoms with E-state index in [4.69, 9.17) is 5.26 Å². The van der Waals surface area contributed by atoms with Crippen LogP contribution in [0.25, 0.3) is 0 Å². The van der Waals surface area contributed by atoms with Gasteiger partial charge in [-0.25, -0.2) is 0 Å². The summed E-state index contributed by atoms with van der Waals surface area (Å²) < 4.78 is 38.1. The zero-order valence-corrected chi connectivity index (χ0v) is 11.1. The molecule has 0 radical (unpaired) electrons. The van der Waals surface area contributed by atoms with Crippen LogP contribution in [0.1, 0.15) is 29.7 Å². The molecule has 2 aromatic rings. The van der Waals surface area contributed by atoms with E-state index in [2.05, 4.69) is 10.3 Å². The van der Waals surface area contributed by atoms with Crippen LogP contribution in [0, 0.1) is 11.3 Å². The number of aromatic nitrogens is 1. The molecule has 1 heterocycles. The van der Waals surface area contributed by atoms with E-state index in [1.807, 2.05) is 19.1 Å². The van der Waals surface area contributed by atoms with Crippen molar-refractivity contribution >= 4 is 5.69 Å². The molecule has 108 valence electrons. The van der Waals surface area contributed by atoms with Gasteiger partial charge in [0.25, 0.3) is 0 Å². The molecule has 0 spiro atoms. The van der Waals surface area contributed by atoms with Gasteiger partial charge >= 0.3 is 6.18 Å². The molecule has 0 aliphatic heterocycles. The fourth-order valence-corrected chi connectivity index (χ4v) is 1.96. The van der Waals surface area contributed by atoms with Gasteiger partial charge in [0.2, 0.25) is 0 Å². The summed E-state index contributed by atoms with van der Waals surface area (Å²) in [6, 6.07) is 8.54. The molecule has 1 aromatic carbocycles. The number of rotatable bonds is 3. The monoisotopic (exact) mass is 291 g/mol. The van der Waals surface area contributed by atoms with Crippen molar-refractivity contribution in [2.45, 2.75) is 19.1 Å². The molecular formula is C15H12F3N3. The molecule has 1 aromatic heterocycles. The van der Waals surface area contributed by atoms with E-state index in [1.165, 1.54) is 12.1 Å². The van der Waals surface area contributed by atoms with E-state index in [-0.39, 0.29) is 6.04 Å². The number of pyridine rings is 1. The first kappa shape index (κ1) is 14.9. The Bertz CT molecular complexity index is 660. The molecule has 1 atom stereocenters. The Morgan fingerprint density at radius 1 is 1.19 bits per heavy atom. The largest absolute Gasteiger partial charge is 0.417 e. The number of benzene rings is 1. The van der Waals surface area contributed by atoms with E-state index in [0.717, 1.165) is 11.6 Å². The zero-order valence-electron chi connectivity index (χ0n) is 11.1. The summed E-state index contributed by atoms with van der Waals surface area (Å²) in [5, 5.41) is 11.9. The van der Waals surface area contributed by atoms with Crippen molar-refractivity contribution in [2.75, 3.05) is 5.32 Å². The van der Waals surface area contributed by atoms with E-state index < -0.39 is 17.3 Å². The summed E-state index contributed by atoms with van der Waals surface area (Å²) in [6.45, 7) is 1.87. The summed E-state index contributed by atoms with van der Waals surface area (Å²) in [6.07, 6.45) is -1.25. The van der Waals surface area contributed by atoms with Gasteiger partial charge in [0.1, 0.15) is 0 Å². The van der Waals surface area contributed by atoms with Crippen molar-refractivity contribution in [3.63, 3.8) is 0 Å². The lowest BCUT2D eigenvalue weighted by Gasteiger charge is -2.17. The van der Waals surface area contributed by atoms with Crippen LogP contribution >= 0.6 is 0 Å². The second-order valence-corrected chi connectivity index (χ2v) is 4.52. The van der Waals surface area contributed by atoms with E-state index in [0.29, 0.717) is 5.69 Å². The van der Waals surface area contributed by atoms with Crippen LogP contribution in [-0.2, 0) is 6.18 Å². The average molecular weight is 291 g/mol. The molecule has 2 rings (SSSR count). The Hall–Kier alpha value is -2.55. The van der Waals surface area contributed by atoms with Gasteiger partial charge in [0.05, 0.1) is 17.2 Å². The maximum Gasteiger partial charge on any atom is 0.417 e. The van der Waals surface area contributed by atoms with Crippen molar-refractivity contribution in [2.24, 2.45) is 0 Å². The Morgan fingerprint density at radius 3 is 2.43 bits per heavy atom. The lowest BCUT2D eigenvalue weighted by atomic mass is 10.1. The van der Waals surface area contributed by atoms with Crippen molar-refractivity contribution in [1.29, 1.82) is 5.26 Å². The highest BCUT2D eigenvalue weighted by Crippen LogP contribution is 2.33. The minimum atomic E-state index is -4.53. The van der Waals surface area contributed by atoms with Gasteiger partial charge in [0, 0.05) is 24.1 Å². The molecular weight excluding hydrogens is 279 g/mol. The van der Waals surface area contributed by atoms with Gasteiger partial charge < -0.3 is 5.32 Å². The van der Waals surface area contributed by atoms with Crippen LogP contribution in [0.15, 0.2) is 42.7 Å². The van der Waals surface area contributed by atoms with Crippen molar-refractivity contribution < 1.29 is 13.2 Å². The minimum absolute atomic E-state index is 0.115. The van der Waals surface area contributed by atoms with Crippen LogP contribution < -0.4 is 5.32 Å². The second-order valence-electron chi connectivity index (χ2n) is 4.52. The third-order valence-corrected chi connectivity index (χ3v) is 3.03. The van der Waals surface area contributed by atoms with Crippen LogP contribution in [0.2, 0.25) is 0 Å². The van der Waals surface area contributed by atoms with Crippen molar-refractivity contribution in [3.05, 3.63) is 59.4 Å². The predicted molar refractivity (Wildman–Crippen MR) is 72.4 cm³/mol. The highest BCUT2D eigenvalue weighted by atomic mass is 19.4. The number of halogens is 3. The first-order valence-electron chi connectivity index (χ1n) is 6.19. The van der Waals surface area contributed by atoms with Gasteiger partial charge in [0.15, 0.2) is 0 Å². The molecule has 0 bridgehead atoms. The Kier molecular flexibility index (Phi) is 4.13. The molecule has 3 nitrogen and oxygen atoms in total.